The van der Waals surface area contributed by atoms with Gasteiger partial charge in [-0.1, -0.05) is 0 Å². The average Bonchev–Trinajstić information content (AvgIpc) is 3.51. The van der Waals surface area contributed by atoms with Crippen molar-refractivity contribution in [1.29, 1.82) is 0 Å². The summed E-state index contributed by atoms with van der Waals surface area (Å²) in [4.78, 5) is 33.9. The fourth-order valence-electron chi connectivity index (χ4n) is 2.62. The van der Waals surface area contributed by atoms with Crippen LogP contribution in [0.4, 0.5) is 27.5 Å². The molecule has 2 aromatic carbocycles. The average molecular weight is 397 g/mol. The zero-order valence-corrected chi connectivity index (χ0v) is 15.8. The summed E-state index contributed by atoms with van der Waals surface area (Å²) in [6.07, 6.45) is 3.01. The maximum atomic E-state index is 12.0. The standard InChI is InChI=1S/C20H23N5O4/c26-19(2-1-13-21-14-9-11-18(12-10-14)25(28)29)22-15-3-5-16(6-4-15)23-20(27)24-17-7-8-17/h3-6,9-12,17,21H,1-2,7-8,13H2,(H,22,26)(H2,23,24,27). The van der Waals surface area contributed by atoms with Crippen LogP contribution in [0.15, 0.2) is 48.5 Å². The van der Waals surface area contributed by atoms with Crippen LogP contribution in [0, 0.1) is 10.1 Å². The van der Waals surface area contributed by atoms with E-state index in [1.165, 1.54) is 12.1 Å². The molecule has 0 unspecified atom stereocenters. The van der Waals surface area contributed by atoms with E-state index < -0.39 is 4.92 Å². The lowest BCUT2D eigenvalue weighted by Gasteiger charge is -2.09. The molecule has 3 rings (SSSR count). The van der Waals surface area contributed by atoms with Crippen molar-refractivity contribution in [1.82, 2.24) is 5.32 Å². The van der Waals surface area contributed by atoms with E-state index in [0.717, 1.165) is 18.5 Å². The van der Waals surface area contributed by atoms with Gasteiger partial charge >= 0.3 is 6.03 Å². The van der Waals surface area contributed by atoms with Crippen molar-refractivity contribution in [2.24, 2.45) is 0 Å². The second-order valence-corrected chi connectivity index (χ2v) is 6.83. The van der Waals surface area contributed by atoms with Crippen LogP contribution >= 0.6 is 0 Å². The molecule has 0 atom stereocenters. The number of hydrogen-bond acceptors (Lipinski definition) is 5. The van der Waals surface area contributed by atoms with Crippen molar-refractivity contribution in [2.45, 2.75) is 31.7 Å². The van der Waals surface area contributed by atoms with Crippen molar-refractivity contribution in [3.05, 3.63) is 58.6 Å². The van der Waals surface area contributed by atoms with Gasteiger partial charge in [0.25, 0.3) is 5.69 Å². The lowest BCUT2D eigenvalue weighted by atomic mass is 10.2. The van der Waals surface area contributed by atoms with Crippen molar-refractivity contribution < 1.29 is 14.5 Å². The number of non-ortho nitro benzene ring substituents is 1. The quantitative estimate of drug-likeness (QED) is 0.292. The van der Waals surface area contributed by atoms with Crippen molar-refractivity contribution >= 4 is 34.7 Å². The Labute approximate surface area is 168 Å². The maximum Gasteiger partial charge on any atom is 0.319 e. The van der Waals surface area contributed by atoms with Crippen molar-refractivity contribution in [3.63, 3.8) is 0 Å². The van der Waals surface area contributed by atoms with Crippen LogP contribution in [-0.2, 0) is 4.79 Å². The molecule has 4 N–H and O–H groups in total. The lowest BCUT2D eigenvalue weighted by molar-refractivity contribution is -0.384. The highest BCUT2D eigenvalue weighted by Crippen LogP contribution is 2.19. The number of amides is 3. The summed E-state index contributed by atoms with van der Waals surface area (Å²) < 4.78 is 0. The van der Waals surface area contributed by atoms with Gasteiger partial charge in [0.1, 0.15) is 0 Å². The SMILES string of the molecule is O=C(CCCNc1ccc([N+](=O)[O-])cc1)Nc1ccc(NC(=O)NC2CC2)cc1. The minimum atomic E-state index is -0.445. The Hall–Kier alpha value is -3.62. The molecule has 1 fully saturated rings. The third kappa shape index (κ3) is 6.80. The molecular formula is C20H23N5O4. The van der Waals surface area contributed by atoms with Gasteiger partial charge in [-0.3, -0.25) is 14.9 Å². The summed E-state index contributed by atoms with van der Waals surface area (Å²) in [7, 11) is 0. The molecule has 9 nitrogen and oxygen atoms in total. The number of urea groups is 1. The molecule has 0 spiro atoms. The molecule has 9 heteroatoms. The molecule has 0 bridgehead atoms. The Kier molecular flexibility index (Phi) is 6.62. The first-order valence-electron chi connectivity index (χ1n) is 9.45. The third-order valence-corrected chi connectivity index (χ3v) is 4.33. The van der Waals surface area contributed by atoms with E-state index in [9.17, 15) is 19.7 Å². The summed E-state index contributed by atoms with van der Waals surface area (Å²) in [5, 5.41) is 22.2. The summed E-state index contributed by atoms with van der Waals surface area (Å²) in [5.41, 5.74) is 2.13. The number of nitrogens with zero attached hydrogens (tertiary/aromatic N) is 1. The summed E-state index contributed by atoms with van der Waals surface area (Å²) in [6.45, 7) is 0.574. The predicted molar refractivity (Wildman–Crippen MR) is 111 cm³/mol. The van der Waals surface area contributed by atoms with E-state index in [0.29, 0.717) is 36.8 Å². The minimum Gasteiger partial charge on any atom is -0.385 e. The Morgan fingerprint density at radius 1 is 0.931 bits per heavy atom. The first kappa shape index (κ1) is 20.1. The second-order valence-electron chi connectivity index (χ2n) is 6.83. The molecule has 2 aromatic rings. The zero-order chi connectivity index (χ0) is 20.6. The topological polar surface area (TPSA) is 125 Å². The molecule has 1 aliphatic carbocycles. The molecule has 0 aliphatic heterocycles. The van der Waals surface area contributed by atoms with Gasteiger partial charge in [0, 0.05) is 48.2 Å². The van der Waals surface area contributed by atoms with Crippen LogP contribution < -0.4 is 21.3 Å². The Balaban J connectivity index is 1.34. The number of anilines is 3. The maximum absolute atomic E-state index is 12.0. The van der Waals surface area contributed by atoms with Gasteiger partial charge in [-0.2, -0.15) is 0 Å². The largest absolute Gasteiger partial charge is 0.385 e. The summed E-state index contributed by atoms with van der Waals surface area (Å²) in [5.74, 6) is -0.109. The van der Waals surface area contributed by atoms with Gasteiger partial charge in [0.05, 0.1) is 4.92 Å². The number of nitro benzene ring substituents is 1. The number of nitrogens with one attached hydrogen (secondary N) is 4. The number of nitro groups is 1. The van der Waals surface area contributed by atoms with E-state index in [1.54, 1.807) is 36.4 Å². The van der Waals surface area contributed by atoms with Crippen LogP contribution in [0.5, 0.6) is 0 Å². The second kappa shape index (κ2) is 9.54. The van der Waals surface area contributed by atoms with Crippen LogP contribution in [0.3, 0.4) is 0 Å². The summed E-state index contributed by atoms with van der Waals surface area (Å²) in [6, 6.07) is 13.2. The predicted octanol–water partition coefficient (Wildman–Crippen LogP) is 3.71. The Morgan fingerprint density at radius 2 is 1.52 bits per heavy atom. The van der Waals surface area contributed by atoms with E-state index >= 15 is 0 Å². The van der Waals surface area contributed by atoms with E-state index in [1.807, 2.05) is 0 Å². The van der Waals surface area contributed by atoms with Gasteiger partial charge in [0.2, 0.25) is 5.91 Å². The molecule has 3 amide bonds. The van der Waals surface area contributed by atoms with E-state index in [4.69, 9.17) is 0 Å². The molecule has 29 heavy (non-hydrogen) atoms. The van der Waals surface area contributed by atoms with Gasteiger partial charge in [-0.05, 0) is 55.7 Å². The van der Waals surface area contributed by atoms with E-state index in [2.05, 4.69) is 21.3 Å². The number of carbonyl (C=O) groups is 2. The van der Waals surface area contributed by atoms with Crippen LogP contribution in [0.25, 0.3) is 0 Å². The molecule has 152 valence electrons. The molecule has 0 radical (unpaired) electrons. The molecule has 0 aromatic heterocycles. The Morgan fingerprint density at radius 3 is 2.10 bits per heavy atom. The van der Waals surface area contributed by atoms with Crippen molar-refractivity contribution in [3.8, 4) is 0 Å². The monoisotopic (exact) mass is 397 g/mol. The van der Waals surface area contributed by atoms with Crippen LogP contribution in [0.2, 0.25) is 0 Å². The number of hydrogen-bond donors (Lipinski definition) is 4. The lowest BCUT2D eigenvalue weighted by Crippen LogP contribution is -2.30. The first-order chi connectivity index (χ1) is 14.0. The zero-order valence-electron chi connectivity index (χ0n) is 15.8. The fraction of sp³-hybridized carbons (Fsp3) is 0.300. The smallest absolute Gasteiger partial charge is 0.319 e. The van der Waals surface area contributed by atoms with Gasteiger partial charge < -0.3 is 21.3 Å². The molecular weight excluding hydrogens is 374 g/mol. The first-order valence-corrected chi connectivity index (χ1v) is 9.45. The van der Waals surface area contributed by atoms with Gasteiger partial charge in [-0.15, -0.1) is 0 Å². The Bertz CT molecular complexity index is 863. The molecule has 1 aliphatic rings. The van der Waals surface area contributed by atoms with Crippen LogP contribution in [0.1, 0.15) is 25.7 Å². The molecule has 0 saturated heterocycles. The molecule has 0 heterocycles. The fourth-order valence-corrected chi connectivity index (χ4v) is 2.62. The highest BCUT2D eigenvalue weighted by atomic mass is 16.6. The van der Waals surface area contributed by atoms with Gasteiger partial charge in [0.15, 0.2) is 0 Å². The van der Waals surface area contributed by atoms with Gasteiger partial charge in [-0.25, -0.2) is 4.79 Å². The molecule has 1 saturated carbocycles. The van der Waals surface area contributed by atoms with Crippen molar-refractivity contribution in [2.75, 3.05) is 22.5 Å². The highest BCUT2D eigenvalue weighted by molar-refractivity contribution is 5.92. The highest BCUT2D eigenvalue weighted by Gasteiger charge is 2.23. The normalized spacial score (nSPS) is 12.7. The number of benzene rings is 2. The van der Waals surface area contributed by atoms with Crippen LogP contribution in [-0.4, -0.2) is 29.4 Å². The number of carbonyl (C=O) groups excluding carboxylic acids is 2. The minimum absolute atomic E-state index is 0.0414. The third-order valence-electron chi connectivity index (χ3n) is 4.33. The number of rotatable bonds is 9. The van der Waals surface area contributed by atoms with E-state index in [-0.39, 0.29) is 17.6 Å². The summed E-state index contributed by atoms with van der Waals surface area (Å²) >= 11 is 0.